The molecule has 64 valence electrons. The molecule has 0 radical (unpaired) electrons. The van der Waals surface area contributed by atoms with Gasteiger partial charge in [0.1, 0.15) is 0 Å². The first-order valence-corrected chi connectivity index (χ1v) is 2.55. The molecule has 0 unspecified atom stereocenters. The van der Waals surface area contributed by atoms with Crippen molar-refractivity contribution in [3.05, 3.63) is 0 Å². The van der Waals surface area contributed by atoms with Crippen LogP contribution in [0.1, 0.15) is 6.42 Å². The lowest BCUT2D eigenvalue weighted by atomic mass is 10.4. The molecule has 0 heterocycles. The van der Waals surface area contributed by atoms with Crippen molar-refractivity contribution in [2.75, 3.05) is 13.1 Å². The Morgan fingerprint density at radius 1 is 1.40 bits per heavy atom. The Kier molecular flexibility index (Phi) is 19.9. The van der Waals surface area contributed by atoms with E-state index in [1.54, 1.807) is 0 Å². The van der Waals surface area contributed by atoms with E-state index in [0.29, 0.717) is 13.1 Å². The van der Waals surface area contributed by atoms with Crippen LogP contribution >= 0.6 is 34.0 Å². The van der Waals surface area contributed by atoms with E-state index in [0.717, 1.165) is 6.42 Å². The molecule has 0 saturated heterocycles. The third-order valence-corrected chi connectivity index (χ3v) is 0.696. The van der Waals surface area contributed by atoms with Crippen molar-refractivity contribution in [1.82, 2.24) is 5.32 Å². The Labute approximate surface area is 81.8 Å². The van der Waals surface area contributed by atoms with E-state index >= 15 is 0 Å². The van der Waals surface area contributed by atoms with E-state index in [4.69, 9.17) is 16.9 Å². The third-order valence-electron chi connectivity index (χ3n) is 0.696. The summed E-state index contributed by atoms with van der Waals surface area (Å²) in [6.45, 7) is 1.34. The van der Waals surface area contributed by atoms with E-state index in [1.165, 1.54) is 0 Å². The zero-order chi connectivity index (χ0) is 6.41. The summed E-state index contributed by atoms with van der Waals surface area (Å²) in [6.07, 6.45) is 0.861. The van der Waals surface area contributed by atoms with Crippen molar-refractivity contribution in [3.8, 4) is 0 Å². The number of hydrogen-bond donors (Lipinski definition) is 4. The monoisotopic (exact) mass is 276 g/mol. The molecule has 0 aliphatic rings. The molecule has 10 heavy (non-hydrogen) atoms. The molecule has 0 aromatic carbocycles. The summed E-state index contributed by atoms with van der Waals surface area (Å²) in [5.74, 6) is 0.0125. The first-order valence-electron chi connectivity index (χ1n) is 2.55. The summed E-state index contributed by atoms with van der Waals surface area (Å²) in [4.78, 5) is 0. The van der Waals surface area contributed by atoms with Gasteiger partial charge in [-0.05, 0) is 13.0 Å². The molecule has 0 saturated carbocycles. The van der Waals surface area contributed by atoms with Gasteiger partial charge in [0.15, 0.2) is 5.96 Å². The number of hydrogen-bond acceptors (Lipinski definition) is 2. The van der Waals surface area contributed by atoms with Gasteiger partial charge in [-0.3, -0.25) is 5.41 Å². The summed E-state index contributed by atoms with van der Waals surface area (Å²) >= 11 is 0. The first kappa shape index (κ1) is 16.6. The molecule has 6 heteroatoms. The zero-order valence-electron chi connectivity index (χ0n) is 5.59. The van der Waals surface area contributed by atoms with Gasteiger partial charge in [-0.25, -0.2) is 0 Å². The van der Waals surface area contributed by atoms with Crippen LogP contribution in [0.5, 0.6) is 0 Å². The molecule has 0 amide bonds. The Morgan fingerprint density at radius 2 is 1.90 bits per heavy atom. The van der Waals surface area contributed by atoms with Gasteiger partial charge >= 0.3 is 0 Å². The van der Waals surface area contributed by atoms with Crippen molar-refractivity contribution in [1.29, 1.82) is 5.41 Å². The Morgan fingerprint density at radius 3 is 2.20 bits per heavy atom. The van der Waals surface area contributed by atoms with E-state index in [9.17, 15) is 0 Å². The van der Waals surface area contributed by atoms with Crippen molar-refractivity contribution in [2.45, 2.75) is 6.42 Å². The number of rotatable bonds is 3. The lowest BCUT2D eigenvalue weighted by molar-refractivity contribution is 0.777. The van der Waals surface area contributed by atoms with Gasteiger partial charge in [0.25, 0.3) is 0 Å². The predicted molar refractivity (Wildman–Crippen MR) is 54.2 cm³/mol. The van der Waals surface area contributed by atoms with Gasteiger partial charge in [0.05, 0.1) is 0 Å². The average molecular weight is 278 g/mol. The second-order valence-corrected chi connectivity index (χ2v) is 1.48. The largest absolute Gasteiger partial charge is 0.370 e. The molecule has 0 bridgehead atoms. The highest BCUT2D eigenvalue weighted by Gasteiger charge is 1.82. The minimum Gasteiger partial charge on any atom is -0.370 e. The van der Waals surface area contributed by atoms with Gasteiger partial charge < -0.3 is 16.8 Å². The maximum Gasteiger partial charge on any atom is 0.185 e. The normalized spacial score (nSPS) is 6.90. The van der Waals surface area contributed by atoms with Crippen LogP contribution in [-0.4, -0.2) is 19.0 Å². The average Bonchev–Trinajstić information content (AvgIpc) is 1.66. The second-order valence-electron chi connectivity index (χ2n) is 1.48. The van der Waals surface area contributed by atoms with Crippen LogP contribution in [0.2, 0.25) is 0 Å². The maximum absolute atomic E-state index is 6.70. The van der Waals surface area contributed by atoms with E-state index in [1.807, 2.05) is 0 Å². The van der Waals surface area contributed by atoms with Crippen LogP contribution in [0.25, 0.3) is 0 Å². The fourth-order valence-electron chi connectivity index (χ4n) is 0.325. The highest BCUT2D eigenvalue weighted by molar-refractivity contribution is 8.93. The molecule has 6 N–H and O–H groups in total. The molecule has 4 nitrogen and oxygen atoms in total. The minimum atomic E-state index is 0. The quantitative estimate of drug-likeness (QED) is 0.332. The summed E-state index contributed by atoms with van der Waals surface area (Å²) in [5.41, 5.74) is 10.1. The fourth-order valence-corrected chi connectivity index (χ4v) is 0.325. The van der Waals surface area contributed by atoms with Crippen LogP contribution in [0, 0.1) is 5.41 Å². The highest BCUT2D eigenvalue weighted by atomic mass is 79.9. The Balaban J connectivity index is -0.000000245. The fraction of sp³-hybridized carbons (Fsp3) is 0.750. The minimum absolute atomic E-state index is 0. The van der Waals surface area contributed by atoms with E-state index < -0.39 is 0 Å². The molecule has 0 aliphatic carbocycles. The van der Waals surface area contributed by atoms with E-state index in [-0.39, 0.29) is 39.9 Å². The molecular weight excluding hydrogens is 264 g/mol. The molecule has 0 aromatic rings. The van der Waals surface area contributed by atoms with Gasteiger partial charge in [-0.1, -0.05) is 0 Å². The van der Waals surface area contributed by atoms with Crippen molar-refractivity contribution < 1.29 is 0 Å². The summed E-state index contributed by atoms with van der Waals surface area (Å²) < 4.78 is 0. The molecule has 0 aromatic heterocycles. The van der Waals surface area contributed by atoms with Gasteiger partial charge in [-0.2, -0.15) is 0 Å². The lowest BCUT2D eigenvalue weighted by Gasteiger charge is -1.98. The molecule has 0 spiro atoms. The molecule has 0 aliphatic heterocycles. The van der Waals surface area contributed by atoms with Crippen molar-refractivity contribution in [3.63, 3.8) is 0 Å². The number of guanidine groups is 1. The number of nitrogens with one attached hydrogen (secondary N) is 2. The summed E-state index contributed by atoms with van der Waals surface area (Å²) in [7, 11) is 0. The Bertz CT molecular complexity index is 77.7. The van der Waals surface area contributed by atoms with Crippen LogP contribution < -0.4 is 16.8 Å². The van der Waals surface area contributed by atoms with Gasteiger partial charge in [-0.15, -0.1) is 34.0 Å². The number of nitrogens with two attached hydrogens (primary N) is 2. The highest BCUT2D eigenvalue weighted by Crippen LogP contribution is 1.65. The lowest BCUT2D eigenvalue weighted by Crippen LogP contribution is -2.31. The predicted octanol–water partition coefficient (Wildman–Crippen LogP) is -0.0259. The zero-order valence-corrected chi connectivity index (χ0v) is 9.02. The van der Waals surface area contributed by atoms with Gasteiger partial charge in [0, 0.05) is 6.54 Å². The molecular formula is C4H14Br2N4. The van der Waals surface area contributed by atoms with Crippen LogP contribution in [0.3, 0.4) is 0 Å². The smallest absolute Gasteiger partial charge is 0.185 e. The summed E-state index contributed by atoms with van der Waals surface area (Å²) in [5, 5.41) is 9.33. The second kappa shape index (κ2) is 11.9. The SMILES string of the molecule is Br.Br.N=C(N)NCCCN. The molecule has 0 fully saturated rings. The standard InChI is InChI=1S/C4H12N4.2BrH/c5-2-1-3-8-4(6)7;;/h1-3,5H2,(H4,6,7,8);2*1H. The van der Waals surface area contributed by atoms with Crippen LogP contribution in [0.15, 0.2) is 0 Å². The van der Waals surface area contributed by atoms with Crippen molar-refractivity contribution >= 4 is 39.9 Å². The number of halogens is 2. The summed E-state index contributed by atoms with van der Waals surface area (Å²) in [6, 6.07) is 0. The van der Waals surface area contributed by atoms with E-state index in [2.05, 4.69) is 5.32 Å². The molecule has 0 atom stereocenters. The molecule has 0 rings (SSSR count). The van der Waals surface area contributed by atoms with Crippen LogP contribution in [0.4, 0.5) is 0 Å². The third kappa shape index (κ3) is 15.7. The topological polar surface area (TPSA) is 87.9 Å². The first-order chi connectivity index (χ1) is 3.77. The van der Waals surface area contributed by atoms with Gasteiger partial charge in [0.2, 0.25) is 0 Å². The maximum atomic E-state index is 6.70. The Hall–Kier alpha value is 0.190. The van der Waals surface area contributed by atoms with Crippen LogP contribution in [-0.2, 0) is 0 Å². The van der Waals surface area contributed by atoms with Crippen molar-refractivity contribution in [2.24, 2.45) is 11.5 Å².